The predicted molar refractivity (Wildman–Crippen MR) is 82.2 cm³/mol. The van der Waals surface area contributed by atoms with E-state index in [0.717, 1.165) is 5.56 Å². The van der Waals surface area contributed by atoms with Crippen molar-refractivity contribution in [3.8, 4) is 0 Å². The first-order chi connectivity index (χ1) is 9.88. The SMILES string of the molecule is Cc1ccc([N+](=O)[O-])c(Nc2ccc(Br)c(C(=O)O)c2)c1. The highest BCUT2D eigenvalue weighted by Gasteiger charge is 2.15. The number of aryl methyl sites for hydroxylation is 1. The molecule has 0 saturated heterocycles. The van der Waals surface area contributed by atoms with Crippen LogP contribution in [-0.4, -0.2) is 16.0 Å². The number of hydrogen-bond acceptors (Lipinski definition) is 4. The molecule has 0 atom stereocenters. The van der Waals surface area contributed by atoms with Gasteiger partial charge in [-0.2, -0.15) is 0 Å². The summed E-state index contributed by atoms with van der Waals surface area (Å²) in [7, 11) is 0. The maximum Gasteiger partial charge on any atom is 0.336 e. The fourth-order valence-corrected chi connectivity index (χ4v) is 2.25. The van der Waals surface area contributed by atoms with Crippen molar-refractivity contribution in [3.63, 3.8) is 0 Å². The van der Waals surface area contributed by atoms with Gasteiger partial charge in [-0.3, -0.25) is 10.1 Å². The molecule has 0 amide bonds. The Morgan fingerprint density at radius 2 is 2.00 bits per heavy atom. The zero-order chi connectivity index (χ0) is 15.6. The monoisotopic (exact) mass is 350 g/mol. The van der Waals surface area contributed by atoms with Gasteiger partial charge in [-0.05, 0) is 52.7 Å². The van der Waals surface area contributed by atoms with E-state index in [0.29, 0.717) is 15.8 Å². The Balaban J connectivity index is 2.43. The molecule has 0 aromatic heterocycles. The van der Waals surface area contributed by atoms with Crippen LogP contribution >= 0.6 is 15.9 Å². The Hall–Kier alpha value is -2.41. The molecular weight excluding hydrogens is 340 g/mol. The summed E-state index contributed by atoms with van der Waals surface area (Å²) >= 11 is 3.15. The van der Waals surface area contributed by atoms with Crippen molar-refractivity contribution in [2.24, 2.45) is 0 Å². The minimum absolute atomic E-state index is 0.0691. The number of anilines is 2. The average Bonchev–Trinajstić information content (AvgIpc) is 2.40. The number of benzene rings is 2. The number of carboxylic acids is 1. The third-order valence-corrected chi connectivity index (χ3v) is 3.52. The highest BCUT2D eigenvalue weighted by atomic mass is 79.9. The number of nitrogens with zero attached hydrogens (tertiary/aromatic N) is 1. The molecule has 2 aromatic rings. The van der Waals surface area contributed by atoms with Crippen LogP contribution in [0, 0.1) is 17.0 Å². The maximum absolute atomic E-state index is 11.1. The zero-order valence-electron chi connectivity index (χ0n) is 11.0. The molecule has 108 valence electrons. The van der Waals surface area contributed by atoms with Gasteiger partial charge in [-0.15, -0.1) is 0 Å². The quantitative estimate of drug-likeness (QED) is 0.639. The summed E-state index contributed by atoms with van der Waals surface area (Å²) < 4.78 is 0.444. The number of carbonyl (C=O) groups is 1. The summed E-state index contributed by atoms with van der Waals surface area (Å²) in [5, 5.41) is 23.0. The number of halogens is 1. The second-order valence-corrected chi connectivity index (χ2v) is 5.26. The molecule has 0 unspecified atom stereocenters. The first-order valence-electron chi connectivity index (χ1n) is 5.93. The third kappa shape index (κ3) is 3.38. The number of nitro groups is 1. The van der Waals surface area contributed by atoms with Crippen LogP contribution in [0.4, 0.5) is 17.1 Å². The lowest BCUT2D eigenvalue weighted by molar-refractivity contribution is -0.383. The smallest absolute Gasteiger partial charge is 0.336 e. The topological polar surface area (TPSA) is 92.5 Å². The summed E-state index contributed by atoms with van der Waals surface area (Å²) in [6.07, 6.45) is 0. The molecule has 0 fully saturated rings. The molecule has 6 nitrogen and oxygen atoms in total. The molecule has 2 aromatic carbocycles. The number of carboxylic acid groups (broad SMARTS) is 1. The predicted octanol–water partition coefficient (Wildman–Crippen LogP) is 4.11. The van der Waals surface area contributed by atoms with Gasteiger partial charge in [0.25, 0.3) is 5.69 Å². The molecule has 7 heteroatoms. The van der Waals surface area contributed by atoms with Crippen LogP contribution in [0.2, 0.25) is 0 Å². The average molecular weight is 351 g/mol. The lowest BCUT2D eigenvalue weighted by Gasteiger charge is -2.09. The fraction of sp³-hybridized carbons (Fsp3) is 0.0714. The lowest BCUT2D eigenvalue weighted by atomic mass is 10.1. The Kier molecular flexibility index (Phi) is 4.23. The molecule has 21 heavy (non-hydrogen) atoms. The van der Waals surface area contributed by atoms with Crippen LogP contribution < -0.4 is 5.32 Å². The normalized spacial score (nSPS) is 10.2. The van der Waals surface area contributed by atoms with Gasteiger partial charge in [0.05, 0.1) is 10.5 Å². The first-order valence-corrected chi connectivity index (χ1v) is 6.72. The van der Waals surface area contributed by atoms with E-state index in [-0.39, 0.29) is 11.3 Å². The van der Waals surface area contributed by atoms with Gasteiger partial charge in [0.1, 0.15) is 5.69 Å². The van der Waals surface area contributed by atoms with Crippen molar-refractivity contribution in [1.29, 1.82) is 0 Å². The molecule has 0 spiro atoms. The second-order valence-electron chi connectivity index (χ2n) is 4.40. The molecule has 0 heterocycles. The number of nitrogens with one attached hydrogen (secondary N) is 1. The van der Waals surface area contributed by atoms with E-state index >= 15 is 0 Å². The highest BCUT2D eigenvalue weighted by molar-refractivity contribution is 9.10. The summed E-state index contributed by atoms with van der Waals surface area (Å²) in [6.45, 7) is 1.82. The molecule has 2 N–H and O–H groups in total. The van der Waals surface area contributed by atoms with E-state index in [1.165, 1.54) is 12.1 Å². The number of hydrogen-bond donors (Lipinski definition) is 2. The highest BCUT2D eigenvalue weighted by Crippen LogP contribution is 2.30. The molecule has 0 aliphatic heterocycles. The third-order valence-electron chi connectivity index (χ3n) is 2.82. The summed E-state index contributed by atoms with van der Waals surface area (Å²) in [6, 6.07) is 9.33. The van der Waals surface area contributed by atoms with Gasteiger partial charge in [0, 0.05) is 16.2 Å². The van der Waals surface area contributed by atoms with Crippen molar-refractivity contribution >= 4 is 39.0 Å². The summed E-state index contributed by atoms with van der Waals surface area (Å²) in [4.78, 5) is 21.6. The molecule has 0 aliphatic carbocycles. The van der Waals surface area contributed by atoms with Gasteiger partial charge in [0.15, 0.2) is 0 Å². The van der Waals surface area contributed by atoms with Crippen molar-refractivity contribution in [2.45, 2.75) is 6.92 Å². The zero-order valence-corrected chi connectivity index (χ0v) is 12.5. The largest absolute Gasteiger partial charge is 0.478 e. The standard InChI is InChI=1S/C14H11BrN2O4/c1-8-2-5-13(17(20)21)12(6-8)16-9-3-4-11(15)10(7-9)14(18)19/h2-7,16H,1H3,(H,18,19). The van der Waals surface area contributed by atoms with E-state index in [2.05, 4.69) is 21.2 Å². The molecule has 0 aliphatic rings. The maximum atomic E-state index is 11.1. The van der Waals surface area contributed by atoms with Gasteiger partial charge in [-0.1, -0.05) is 6.07 Å². The number of rotatable bonds is 4. The minimum atomic E-state index is -1.08. The van der Waals surface area contributed by atoms with E-state index < -0.39 is 10.9 Å². The molecule has 2 rings (SSSR count). The van der Waals surface area contributed by atoms with Gasteiger partial charge in [-0.25, -0.2) is 4.79 Å². The first kappa shape index (κ1) is 15.0. The Bertz CT molecular complexity index is 731. The Labute approximate surface area is 128 Å². The Morgan fingerprint density at radius 3 is 2.62 bits per heavy atom. The van der Waals surface area contributed by atoms with E-state index in [1.807, 2.05) is 6.92 Å². The van der Waals surface area contributed by atoms with Crippen LogP contribution in [0.15, 0.2) is 40.9 Å². The van der Waals surface area contributed by atoms with Crippen molar-refractivity contribution in [3.05, 3.63) is 62.1 Å². The lowest BCUT2D eigenvalue weighted by Crippen LogP contribution is -2.01. The number of aromatic carboxylic acids is 1. The van der Waals surface area contributed by atoms with Crippen LogP contribution in [0.25, 0.3) is 0 Å². The molecule has 0 radical (unpaired) electrons. The van der Waals surface area contributed by atoms with E-state index in [1.54, 1.807) is 24.3 Å². The molecule has 0 saturated carbocycles. The molecular formula is C14H11BrN2O4. The van der Waals surface area contributed by atoms with E-state index in [4.69, 9.17) is 5.11 Å². The van der Waals surface area contributed by atoms with Crippen LogP contribution in [0.5, 0.6) is 0 Å². The van der Waals surface area contributed by atoms with E-state index in [9.17, 15) is 14.9 Å². The van der Waals surface area contributed by atoms with Crippen molar-refractivity contribution in [2.75, 3.05) is 5.32 Å². The minimum Gasteiger partial charge on any atom is -0.478 e. The van der Waals surface area contributed by atoms with Gasteiger partial charge < -0.3 is 10.4 Å². The van der Waals surface area contributed by atoms with Gasteiger partial charge in [0.2, 0.25) is 0 Å². The summed E-state index contributed by atoms with van der Waals surface area (Å²) in [5.74, 6) is -1.08. The summed E-state index contributed by atoms with van der Waals surface area (Å²) in [5.41, 5.74) is 1.65. The van der Waals surface area contributed by atoms with Gasteiger partial charge >= 0.3 is 5.97 Å². The van der Waals surface area contributed by atoms with Crippen LogP contribution in [0.1, 0.15) is 15.9 Å². The van der Waals surface area contributed by atoms with Crippen LogP contribution in [-0.2, 0) is 0 Å². The van der Waals surface area contributed by atoms with Crippen molar-refractivity contribution in [1.82, 2.24) is 0 Å². The Morgan fingerprint density at radius 1 is 1.29 bits per heavy atom. The van der Waals surface area contributed by atoms with Crippen molar-refractivity contribution < 1.29 is 14.8 Å². The fourth-order valence-electron chi connectivity index (χ4n) is 1.83. The number of nitro benzene ring substituents is 1. The second kappa shape index (κ2) is 5.92. The molecule has 0 bridgehead atoms. The van der Waals surface area contributed by atoms with Crippen LogP contribution in [0.3, 0.4) is 0 Å².